The number of likely N-dealkylation sites (tertiary alicyclic amines) is 1. The van der Waals surface area contributed by atoms with Crippen LogP contribution in [0.1, 0.15) is 18.4 Å². The van der Waals surface area contributed by atoms with E-state index >= 15 is 0 Å². The molecule has 3 amide bonds. The van der Waals surface area contributed by atoms with Crippen LogP contribution in [0.3, 0.4) is 0 Å². The van der Waals surface area contributed by atoms with Crippen LogP contribution in [0.2, 0.25) is 5.02 Å². The van der Waals surface area contributed by atoms with Crippen molar-refractivity contribution in [3.05, 3.63) is 64.9 Å². The van der Waals surface area contributed by atoms with E-state index in [2.05, 4.69) is 10.6 Å². The monoisotopic (exact) mass is 375 g/mol. The molecule has 7 heteroatoms. The minimum atomic E-state index is -0.511. The third kappa shape index (κ3) is 4.52. The fourth-order valence-corrected chi connectivity index (χ4v) is 3.05. The molecule has 0 aromatic heterocycles. The molecule has 0 aliphatic carbocycles. The maximum atomic E-state index is 12.9. The molecule has 0 spiro atoms. The summed E-state index contributed by atoms with van der Waals surface area (Å²) in [5, 5.41) is 6.18. The number of benzene rings is 2. The van der Waals surface area contributed by atoms with Crippen LogP contribution < -0.4 is 10.6 Å². The van der Waals surface area contributed by atoms with Gasteiger partial charge < -0.3 is 15.5 Å². The number of carbonyl (C=O) groups excluding carboxylic acids is 2. The molecular weight excluding hydrogens is 357 g/mol. The van der Waals surface area contributed by atoms with E-state index in [-0.39, 0.29) is 17.8 Å². The lowest BCUT2D eigenvalue weighted by Gasteiger charge is -2.24. The molecule has 2 aromatic carbocycles. The molecule has 2 aromatic rings. The van der Waals surface area contributed by atoms with Gasteiger partial charge in [0, 0.05) is 23.8 Å². The van der Waals surface area contributed by atoms with Gasteiger partial charge in [0.15, 0.2) is 0 Å². The highest BCUT2D eigenvalue weighted by molar-refractivity contribution is 6.30. The first-order chi connectivity index (χ1) is 12.5. The summed E-state index contributed by atoms with van der Waals surface area (Å²) < 4.78 is 12.9. The SMILES string of the molecule is O=C(NCc1ccc(F)cc1)[C@@H]1CCCN1C(=O)Nc1ccc(Cl)cc1. The number of hydrogen-bond donors (Lipinski definition) is 2. The summed E-state index contributed by atoms with van der Waals surface area (Å²) in [7, 11) is 0. The Morgan fingerprint density at radius 3 is 2.50 bits per heavy atom. The third-order valence-corrected chi connectivity index (χ3v) is 4.54. The summed E-state index contributed by atoms with van der Waals surface area (Å²) >= 11 is 5.84. The van der Waals surface area contributed by atoms with E-state index < -0.39 is 6.04 Å². The van der Waals surface area contributed by atoms with Gasteiger partial charge in [0.2, 0.25) is 5.91 Å². The first-order valence-electron chi connectivity index (χ1n) is 8.38. The van der Waals surface area contributed by atoms with Crippen LogP contribution in [-0.2, 0) is 11.3 Å². The number of rotatable bonds is 4. The predicted molar refractivity (Wildman–Crippen MR) is 98.4 cm³/mol. The number of amides is 3. The highest BCUT2D eigenvalue weighted by atomic mass is 35.5. The summed E-state index contributed by atoms with van der Waals surface area (Å²) in [5.41, 5.74) is 1.42. The van der Waals surface area contributed by atoms with Crippen molar-refractivity contribution in [2.45, 2.75) is 25.4 Å². The molecule has 26 heavy (non-hydrogen) atoms. The molecule has 0 unspecified atom stereocenters. The largest absolute Gasteiger partial charge is 0.350 e. The zero-order valence-electron chi connectivity index (χ0n) is 14.0. The quantitative estimate of drug-likeness (QED) is 0.854. The van der Waals surface area contributed by atoms with E-state index in [9.17, 15) is 14.0 Å². The lowest BCUT2D eigenvalue weighted by molar-refractivity contribution is -0.124. The van der Waals surface area contributed by atoms with Crippen LogP contribution in [0, 0.1) is 5.82 Å². The fraction of sp³-hybridized carbons (Fsp3) is 0.263. The molecule has 1 saturated heterocycles. The van der Waals surface area contributed by atoms with E-state index in [1.54, 1.807) is 36.4 Å². The van der Waals surface area contributed by atoms with Gasteiger partial charge in [-0.25, -0.2) is 9.18 Å². The van der Waals surface area contributed by atoms with Gasteiger partial charge in [-0.3, -0.25) is 4.79 Å². The van der Waals surface area contributed by atoms with Crippen molar-refractivity contribution in [2.24, 2.45) is 0 Å². The number of urea groups is 1. The first-order valence-corrected chi connectivity index (χ1v) is 8.76. The topological polar surface area (TPSA) is 61.4 Å². The fourth-order valence-electron chi connectivity index (χ4n) is 2.92. The van der Waals surface area contributed by atoms with Crippen molar-refractivity contribution < 1.29 is 14.0 Å². The van der Waals surface area contributed by atoms with Gasteiger partial charge in [0.25, 0.3) is 0 Å². The van der Waals surface area contributed by atoms with E-state index in [1.165, 1.54) is 17.0 Å². The molecule has 0 bridgehead atoms. The number of hydrogen-bond acceptors (Lipinski definition) is 2. The van der Waals surface area contributed by atoms with Crippen LogP contribution >= 0.6 is 11.6 Å². The lowest BCUT2D eigenvalue weighted by Crippen LogP contribution is -2.47. The Labute approximate surface area is 156 Å². The van der Waals surface area contributed by atoms with Crippen molar-refractivity contribution in [3.63, 3.8) is 0 Å². The van der Waals surface area contributed by atoms with E-state index in [0.717, 1.165) is 12.0 Å². The Morgan fingerprint density at radius 1 is 1.12 bits per heavy atom. The molecule has 1 aliphatic rings. The molecule has 3 rings (SSSR count). The summed E-state index contributed by atoms with van der Waals surface area (Å²) in [6.45, 7) is 0.816. The van der Waals surface area contributed by atoms with E-state index in [1.807, 2.05) is 0 Å². The standard InChI is InChI=1S/C19H19ClFN3O2/c20-14-5-9-16(10-6-14)23-19(26)24-11-1-2-17(24)18(25)22-12-13-3-7-15(21)8-4-13/h3-10,17H,1-2,11-12H2,(H,22,25)(H,23,26)/t17-/m0/s1. The minimum Gasteiger partial charge on any atom is -0.350 e. The molecule has 1 aliphatic heterocycles. The average molecular weight is 376 g/mol. The number of anilines is 1. The second kappa shape index (κ2) is 8.19. The number of carbonyl (C=O) groups is 2. The van der Waals surface area contributed by atoms with E-state index in [4.69, 9.17) is 11.6 Å². The Hall–Kier alpha value is -2.60. The summed E-state index contributed by atoms with van der Waals surface area (Å²) in [5.74, 6) is -0.529. The first kappa shape index (κ1) is 18.2. The maximum absolute atomic E-state index is 12.9. The van der Waals surface area contributed by atoms with Gasteiger partial charge in [-0.15, -0.1) is 0 Å². The highest BCUT2D eigenvalue weighted by Gasteiger charge is 2.34. The smallest absolute Gasteiger partial charge is 0.322 e. The molecule has 1 fully saturated rings. The number of nitrogens with one attached hydrogen (secondary N) is 2. The van der Waals surface area contributed by atoms with Gasteiger partial charge in [-0.05, 0) is 54.8 Å². The molecular formula is C19H19ClFN3O2. The summed E-state index contributed by atoms with van der Waals surface area (Å²) in [4.78, 5) is 26.5. The van der Waals surface area contributed by atoms with Gasteiger partial charge >= 0.3 is 6.03 Å². The zero-order chi connectivity index (χ0) is 18.5. The van der Waals surface area contributed by atoms with Crippen LogP contribution in [-0.4, -0.2) is 29.4 Å². The zero-order valence-corrected chi connectivity index (χ0v) is 14.8. The predicted octanol–water partition coefficient (Wildman–Crippen LogP) is 3.79. The van der Waals surface area contributed by atoms with Crippen LogP contribution in [0.4, 0.5) is 14.9 Å². The highest BCUT2D eigenvalue weighted by Crippen LogP contribution is 2.20. The van der Waals surface area contributed by atoms with Crippen LogP contribution in [0.25, 0.3) is 0 Å². The van der Waals surface area contributed by atoms with Crippen molar-refractivity contribution >= 4 is 29.2 Å². The second-order valence-electron chi connectivity index (χ2n) is 6.13. The molecule has 0 saturated carbocycles. The van der Waals surface area contributed by atoms with Gasteiger partial charge in [0.1, 0.15) is 11.9 Å². The van der Waals surface area contributed by atoms with Crippen molar-refractivity contribution in [1.82, 2.24) is 10.2 Å². The van der Waals surface area contributed by atoms with Crippen LogP contribution in [0.15, 0.2) is 48.5 Å². The minimum absolute atomic E-state index is 0.210. The number of halogens is 2. The molecule has 1 heterocycles. The Kier molecular flexibility index (Phi) is 5.73. The normalized spacial score (nSPS) is 16.4. The van der Waals surface area contributed by atoms with Gasteiger partial charge in [-0.2, -0.15) is 0 Å². The van der Waals surface area contributed by atoms with E-state index in [0.29, 0.717) is 30.2 Å². The molecule has 2 N–H and O–H groups in total. The number of nitrogens with zero attached hydrogens (tertiary/aromatic N) is 1. The third-order valence-electron chi connectivity index (χ3n) is 4.29. The van der Waals surface area contributed by atoms with Gasteiger partial charge in [0.05, 0.1) is 0 Å². The van der Waals surface area contributed by atoms with Crippen LogP contribution in [0.5, 0.6) is 0 Å². The Morgan fingerprint density at radius 2 is 1.81 bits per heavy atom. The Balaban J connectivity index is 1.57. The van der Waals surface area contributed by atoms with Crippen molar-refractivity contribution in [1.29, 1.82) is 0 Å². The Bertz CT molecular complexity index is 780. The summed E-state index contributed by atoms with van der Waals surface area (Å²) in [6, 6.07) is 11.9. The average Bonchev–Trinajstić information content (AvgIpc) is 3.13. The molecule has 5 nitrogen and oxygen atoms in total. The molecule has 0 radical (unpaired) electrons. The van der Waals surface area contributed by atoms with Crippen molar-refractivity contribution in [2.75, 3.05) is 11.9 Å². The van der Waals surface area contributed by atoms with Gasteiger partial charge in [-0.1, -0.05) is 23.7 Å². The lowest BCUT2D eigenvalue weighted by atomic mass is 10.2. The summed E-state index contributed by atoms with van der Waals surface area (Å²) in [6.07, 6.45) is 1.38. The maximum Gasteiger partial charge on any atom is 0.322 e. The molecule has 1 atom stereocenters. The second-order valence-corrected chi connectivity index (χ2v) is 6.57. The van der Waals surface area contributed by atoms with Crippen molar-refractivity contribution in [3.8, 4) is 0 Å². The molecule has 136 valence electrons.